The Kier molecular flexibility index (Phi) is 9.11. The number of nitrogens with zero attached hydrogens (tertiary/aromatic N) is 1. The van der Waals surface area contributed by atoms with E-state index in [2.05, 4.69) is 44.1 Å². The van der Waals surface area contributed by atoms with E-state index in [1.807, 2.05) is 27.7 Å². The van der Waals surface area contributed by atoms with E-state index < -0.39 is 0 Å². The molecule has 0 N–H and O–H groups in total. The molecule has 0 unspecified atom stereocenters. The molecule has 0 amide bonds. The van der Waals surface area contributed by atoms with E-state index in [0.717, 1.165) is 12.2 Å². The van der Waals surface area contributed by atoms with Crippen LogP contribution in [0.15, 0.2) is 18.2 Å². The first-order chi connectivity index (χ1) is 9.20. The fourth-order valence-corrected chi connectivity index (χ4v) is 1.59. The number of hydrogen-bond donors (Lipinski definition) is 0. The second kappa shape index (κ2) is 9.71. The standard InChI is InChI=1S/C13H19NO.2C2H6/c1-4-10-5-6-11(14(2)3)9-13(10)15-12-7-8-12;2*1-2/h5-6,9,12H,4,7-8H2,1-3H3;2*1-2H3. The van der Waals surface area contributed by atoms with Crippen molar-refractivity contribution in [2.24, 2.45) is 0 Å². The van der Waals surface area contributed by atoms with E-state index in [4.69, 9.17) is 4.74 Å². The largest absolute Gasteiger partial charge is 0.490 e. The molecule has 0 radical (unpaired) electrons. The van der Waals surface area contributed by atoms with E-state index in [9.17, 15) is 0 Å². The molecule has 2 heteroatoms. The SMILES string of the molecule is CC.CC.CCc1ccc(N(C)C)cc1OC1CC1. The fourth-order valence-electron chi connectivity index (χ4n) is 1.59. The van der Waals surface area contributed by atoms with E-state index in [-0.39, 0.29) is 0 Å². The van der Waals surface area contributed by atoms with Gasteiger partial charge in [0, 0.05) is 25.8 Å². The van der Waals surface area contributed by atoms with Crippen molar-refractivity contribution in [2.45, 2.75) is 60.0 Å². The number of hydrogen-bond acceptors (Lipinski definition) is 2. The van der Waals surface area contributed by atoms with E-state index in [0.29, 0.717) is 6.10 Å². The van der Waals surface area contributed by atoms with Gasteiger partial charge >= 0.3 is 0 Å². The second-order valence-corrected chi connectivity index (χ2v) is 4.36. The predicted octanol–water partition coefficient (Wildman–Crippen LogP) is 4.91. The van der Waals surface area contributed by atoms with Crippen LogP contribution in [0.5, 0.6) is 5.75 Å². The Labute approximate surface area is 119 Å². The highest BCUT2D eigenvalue weighted by Crippen LogP contribution is 2.31. The normalized spacial score (nSPS) is 12.6. The van der Waals surface area contributed by atoms with E-state index in [1.54, 1.807) is 0 Å². The Morgan fingerprint density at radius 1 is 1.11 bits per heavy atom. The molecule has 110 valence electrons. The van der Waals surface area contributed by atoms with Gasteiger partial charge in [-0.2, -0.15) is 0 Å². The zero-order chi connectivity index (χ0) is 14.8. The van der Waals surface area contributed by atoms with Gasteiger partial charge < -0.3 is 9.64 Å². The average Bonchev–Trinajstić information content (AvgIpc) is 3.27. The molecule has 0 aliphatic heterocycles. The molecule has 2 nitrogen and oxygen atoms in total. The van der Waals surface area contributed by atoms with Crippen molar-refractivity contribution >= 4 is 5.69 Å². The minimum Gasteiger partial charge on any atom is -0.490 e. The Balaban J connectivity index is 0.000000741. The molecular weight excluding hydrogens is 234 g/mol. The van der Waals surface area contributed by atoms with Gasteiger partial charge in [0.25, 0.3) is 0 Å². The predicted molar refractivity (Wildman–Crippen MR) is 86.5 cm³/mol. The summed E-state index contributed by atoms with van der Waals surface area (Å²) in [6, 6.07) is 6.47. The van der Waals surface area contributed by atoms with E-state index >= 15 is 0 Å². The molecule has 1 fully saturated rings. The molecule has 0 atom stereocenters. The summed E-state index contributed by atoms with van der Waals surface area (Å²) in [5, 5.41) is 0. The summed E-state index contributed by atoms with van der Waals surface area (Å²) in [6.45, 7) is 10.2. The fraction of sp³-hybridized carbons (Fsp3) is 0.647. The van der Waals surface area contributed by atoms with Gasteiger partial charge in [0.1, 0.15) is 5.75 Å². The van der Waals surface area contributed by atoms with Crippen molar-refractivity contribution in [2.75, 3.05) is 19.0 Å². The third-order valence-electron chi connectivity index (χ3n) is 2.77. The first-order valence-corrected chi connectivity index (χ1v) is 7.67. The van der Waals surface area contributed by atoms with Crippen LogP contribution < -0.4 is 9.64 Å². The maximum atomic E-state index is 5.91. The number of anilines is 1. The molecule has 0 heterocycles. The lowest BCUT2D eigenvalue weighted by Crippen LogP contribution is -2.09. The van der Waals surface area contributed by atoms with Crippen molar-refractivity contribution in [1.82, 2.24) is 0 Å². The third kappa shape index (κ3) is 6.00. The van der Waals surface area contributed by atoms with Crippen molar-refractivity contribution in [1.29, 1.82) is 0 Å². The second-order valence-electron chi connectivity index (χ2n) is 4.36. The first-order valence-electron chi connectivity index (χ1n) is 7.67. The molecule has 1 aromatic rings. The van der Waals surface area contributed by atoms with Crippen LogP contribution in [0.1, 0.15) is 53.0 Å². The third-order valence-corrected chi connectivity index (χ3v) is 2.77. The topological polar surface area (TPSA) is 12.5 Å². The van der Waals surface area contributed by atoms with Crippen LogP contribution in [0.4, 0.5) is 5.69 Å². The highest BCUT2D eigenvalue weighted by atomic mass is 16.5. The Bertz CT molecular complexity index is 343. The molecule has 0 bridgehead atoms. The monoisotopic (exact) mass is 265 g/mol. The van der Waals surface area contributed by atoms with Gasteiger partial charge in [-0.05, 0) is 30.9 Å². The van der Waals surface area contributed by atoms with Gasteiger partial charge in [-0.1, -0.05) is 40.7 Å². The first kappa shape index (κ1) is 17.8. The van der Waals surface area contributed by atoms with Gasteiger partial charge in [-0.15, -0.1) is 0 Å². The highest BCUT2D eigenvalue weighted by molar-refractivity contribution is 5.53. The zero-order valence-corrected chi connectivity index (χ0v) is 13.8. The summed E-state index contributed by atoms with van der Waals surface area (Å²) in [6.07, 6.45) is 3.95. The molecule has 1 saturated carbocycles. The minimum atomic E-state index is 0.479. The van der Waals surface area contributed by atoms with Gasteiger partial charge in [-0.3, -0.25) is 0 Å². The zero-order valence-electron chi connectivity index (χ0n) is 13.8. The smallest absolute Gasteiger partial charge is 0.124 e. The summed E-state index contributed by atoms with van der Waals surface area (Å²) < 4.78 is 5.91. The average molecular weight is 265 g/mol. The van der Waals surface area contributed by atoms with Crippen LogP contribution in [-0.2, 0) is 6.42 Å². The van der Waals surface area contributed by atoms with Gasteiger partial charge in [0.05, 0.1) is 6.10 Å². The number of rotatable bonds is 4. The molecule has 1 aromatic carbocycles. The van der Waals surface area contributed by atoms with Crippen molar-refractivity contribution < 1.29 is 4.74 Å². The van der Waals surface area contributed by atoms with Crippen LogP contribution >= 0.6 is 0 Å². The quantitative estimate of drug-likeness (QED) is 0.767. The number of aryl methyl sites for hydroxylation is 1. The molecule has 0 aromatic heterocycles. The summed E-state index contributed by atoms with van der Waals surface area (Å²) >= 11 is 0. The van der Waals surface area contributed by atoms with Crippen LogP contribution in [0.25, 0.3) is 0 Å². The van der Waals surface area contributed by atoms with Crippen LogP contribution in [0.3, 0.4) is 0 Å². The van der Waals surface area contributed by atoms with E-state index in [1.165, 1.54) is 24.1 Å². The van der Waals surface area contributed by atoms with Crippen LogP contribution in [0.2, 0.25) is 0 Å². The molecule has 19 heavy (non-hydrogen) atoms. The number of benzene rings is 1. The molecule has 2 rings (SSSR count). The highest BCUT2D eigenvalue weighted by Gasteiger charge is 2.24. The van der Waals surface area contributed by atoms with Crippen LogP contribution in [0, 0.1) is 0 Å². The maximum Gasteiger partial charge on any atom is 0.124 e. The summed E-state index contributed by atoms with van der Waals surface area (Å²) in [5.74, 6) is 1.08. The summed E-state index contributed by atoms with van der Waals surface area (Å²) in [5.41, 5.74) is 2.52. The Morgan fingerprint density at radius 3 is 2.11 bits per heavy atom. The van der Waals surface area contributed by atoms with Crippen LogP contribution in [-0.4, -0.2) is 20.2 Å². The molecular formula is C17H31NO. The van der Waals surface area contributed by atoms with Crippen molar-refractivity contribution in [3.63, 3.8) is 0 Å². The van der Waals surface area contributed by atoms with Gasteiger partial charge in [-0.25, -0.2) is 0 Å². The minimum absolute atomic E-state index is 0.479. The lowest BCUT2D eigenvalue weighted by Gasteiger charge is -2.16. The van der Waals surface area contributed by atoms with Crippen molar-refractivity contribution in [3.8, 4) is 5.75 Å². The molecule has 1 aliphatic carbocycles. The summed E-state index contributed by atoms with van der Waals surface area (Å²) in [7, 11) is 4.11. The lowest BCUT2D eigenvalue weighted by molar-refractivity contribution is 0.300. The maximum absolute atomic E-state index is 5.91. The molecule has 1 aliphatic rings. The Hall–Kier alpha value is -1.18. The lowest BCUT2D eigenvalue weighted by atomic mass is 10.1. The molecule has 0 spiro atoms. The Morgan fingerprint density at radius 2 is 1.68 bits per heavy atom. The van der Waals surface area contributed by atoms with Gasteiger partial charge in [0.2, 0.25) is 0 Å². The molecule has 0 saturated heterocycles. The summed E-state index contributed by atoms with van der Waals surface area (Å²) in [4.78, 5) is 2.11. The van der Waals surface area contributed by atoms with Gasteiger partial charge in [0.15, 0.2) is 0 Å². The number of ether oxygens (including phenoxy) is 1. The van der Waals surface area contributed by atoms with Crippen molar-refractivity contribution in [3.05, 3.63) is 23.8 Å².